The molecule has 1 amide bonds. The lowest BCUT2D eigenvalue weighted by atomic mass is 9.90. The van der Waals surface area contributed by atoms with E-state index in [0.717, 1.165) is 43.7 Å². The van der Waals surface area contributed by atoms with Crippen molar-refractivity contribution in [1.82, 2.24) is 9.88 Å². The van der Waals surface area contributed by atoms with Crippen molar-refractivity contribution >= 4 is 17.3 Å². The van der Waals surface area contributed by atoms with Gasteiger partial charge in [-0.15, -0.1) is 0 Å². The number of pyridine rings is 1. The summed E-state index contributed by atoms with van der Waals surface area (Å²) in [7, 11) is 0. The second kappa shape index (κ2) is 9.23. The summed E-state index contributed by atoms with van der Waals surface area (Å²) in [5.74, 6) is 0.602. The number of rotatable bonds is 5. The molecular weight excluding hydrogens is 372 g/mol. The first kappa shape index (κ1) is 19.7. The minimum absolute atomic E-state index is 0.0170. The SMILES string of the molecule is N#Cc1ccc(Nc2ccnc(C(=O)N3CCC(Cc4ccccc4)CC3)c2)cc1. The number of likely N-dealkylation sites (tertiary alicyclic amines) is 1. The molecule has 2 aromatic carbocycles. The maximum atomic E-state index is 13.0. The van der Waals surface area contributed by atoms with Gasteiger partial charge in [0, 0.05) is 30.7 Å². The van der Waals surface area contributed by atoms with Gasteiger partial charge in [0.15, 0.2) is 0 Å². The van der Waals surface area contributed by atoms with Crippen molar-refractivity contribution in [2.75, 3.05) is 18.4 Å². The van der Waals surface area contributed by atoms with Gasteiger partial charge in [0.2, 0.25) is 0 Å². The number of nitrogens with zero attached hydrogens (tertiary/aromatic N) is 3. The number of nitriles is 1. The number of benzene rings is 2. The van der Waals surface area contributed by atoms with Crippen LogP contribution >= 0.6 is 0 Å². The summed E-state index contributed by atoms with van der Waals surface area (Å²) in [4.78, 5) is 19.2. The van der Waals surface area contributed by atoms with Gasteiger partial charge < -0.3 is 10.2 Å². The van der Waals surface area contributed by atoms with Crippen molar-refractivity contribution in [2.45, 2.75) is 19.3 Å². The smallest absolute Gasteiger partial charge is 0.272 e. The van der Waals surface area contributed by atoms with Gasteiger partial charge in [-0.2, -0.15) is 5.26 Å². The minimum Gasteiger partial charge on any atom is -0.355 e. The molecule has 5 heteroatoms. The average Bonchev–Trinajstić information content (AvgIpc) is 2.80. The van der Waals surface area contributed by atoms with Crippen molar-refractivity contribution in [3.63, 3.8) is 0 Å². The van der Waals surface area contributed by atoms with E-state index in [2.05, 4.69) is 40.6 Å². The number of hydrogen-bond acceptors (Lipinski definition) is 4. The number of amides is 1. The number of piperidine rings is 1. The van der Waals surface area contributed by atoms with E-state index in [0.29, 0.717) is 17.2 Å². The van der Waals surface area contributed by atoms with Crippen molar-refractivity contribution < 1.29 is 4.79 Å². The summed E-state index contributed by atoms with van der Waals surface area (Å²) in [6, 6.07) is 23.5. The van der Waals surface area contributed by atoms with Gasteiger partial charge in [0.1, 0.15) is 5.69 Å². The Morgan fingerprint density at radius 3 is 2.47 bits per heavy atom. The summed E-state index contributed by atoms with van der Waals surface area (Å²) < 4.78 is 0. The van der Waals surface area contributed by atoms with E-state index in [1.807, 2.05) is 29.2 Å². The molecule has 1 saturated heterocycles. The molecule has 0 spiro atoms. The van der Waals surface area contributed by atoms with Gasteiger partial charge in [0.25, 0.3) is 5.91 Å². The van der Waals surface area contributed by atoms with Gasteiger partial charge in [-0.3, -0.25) is 9.78 Å². The van der Waals surface area contributed by atoms with Crippen LogP contribution in [0.2, 0.25) is 0 Å². The molecular formula is C25H24N4O. The monoisotopic (exact) mass is 396 g/mol. The number of nitrogens with one attached hydrogen (secondary N) is 1. The highest BCUT2D eigenvalue weighted by atomic mass is 16.2. The Hall–Kier alpha value is -3.65. The molecule has 0 aliphatic carbocycles. The summed E-state index contributed by atoms with van der Waals surface area (Å²) in [6.45, 7) is 1.54. The Labute approximate surface area is 177 Å². The Kier molecular flexibility index (Phi) is 6.05. The molecule has 150 valence electrons. The largest absolute Gasteiger partial charge is 0.355 e. The fourth-order valence-corrected chi connectivity index (χ4v) is 3.87. The van der Waals surface area contributed by atoms with Gasteiger partial charge >= 0.3 is 0 Å². The topological polar surface area (TPSA) is 69.0 Å². The van der Waals surface area contributed by atoms with E-state index in [9.17, 15) is 4.79 Å². The number of hydrogen-bond donors (Lipinski definition) is 1. The third kappa shape index (κ3) is 4.84. The molecule has 3 aromatic rings. The van der Waals surface area contributed by atoms with Gasteiger partial charge in [-0.1, -0.05) is 30.3 Å². The van der Waals surface area contributed by atoms with E-state index in [1.54, 1.807) is 24.4 Å². The van der Waals surface area contributed by atoms with Gasteiger partial charge in [-0.25, -0.2) is 0 Å². The molecule has 0 unspecified atom stereocenters. The van der Waals surface area contributed by atoms with Crippen LogP contribution in [0.25, 0.3) is 0 Å². The third-order valence-electron chi connectivity index (χ3n) is 5.55. The summed E-state index contributed by atoms with van der Waals surface area (Å²) in [5, 5.41) is 12.2. The first-order chi connectivity index (χ1) is 14.7. The fourth-order valence-electron chi connectivity index (χ4n) is 3.87. The zero-order valence-electron chi connectivity index (χ0n) is 16.8. The maximum absolute atomic E-state index is 13.0. The van der Waals surface area contributed by atoms with Crippen LogP contribution in [0.4, 0.5) is 11.4 Å². The van der Waals surface area contributed by atoms with E-state index in [4.69, 9.17) is 5.26 Å². The van der Waals surface area contributed by atoms with E-state index in [-0.39, 0.29) is 5.91 Å². The Morgan fingerprint density at radius 1 is 1.03 bits per heavy atom. The zero-order valence-corrected chi connectivity index (χ0v) is 16.8. The molecule has 1 aliphatic rings. The maximum Gasteiger partial charge on any atom is 0.272 e. The van der Waals surface area contributed by atoms with Crippen molar-refractivity contribution in [1.29, 1.82) is 5.26 Å². The van der Waals surface area contributed by atoms with Crippen molar-refractivity contribution in [2.24, 2.45) is 5.92 Å². The first-order valence-electron chi connectivity index (χ1n) is 10.3. The number of carbonyl (C=O) groups excluding carboxylic acids is 1. The molecule has 1 aromatic heterocycles. The molecule has 1 N–H and O–H groups in total. The Bertz CT molecular complexity index is 1030. The molecule has 0 radical (unpaired) electrons. The standard InChI is InChI=1S/C25H24N4O/c26-18-21-6-8-22(9-7-21)28-23-10-13-27-24(17-23)25(30)29-14-11-20(12-15-29)16-19-4-2-1-3-5-19/h1-10,13,17,20H,11-12,14-16H2,(H,27,28). The second-order valence-corrected chi connectivity index (χ2v) is 7.67. The molecule has 1 aliphatic heterocycles. The lowest BCUT2D eigenvalue weighted by Crippen LogP contribution is -2.39. The summed E-state index contributed by atoms with van der Waals surface area (Å²) in [6.07, 6.45) is 4.76. The normalized spacial score (nSPS) is 14.2. The number of carbonyl (C=O) groups is 1. The van der Waals surface area contributed by atoms with E-state index < -0.39 is 0 Å². The molecule has 0 saturated carbocycles. The van der Waals surface area contributed by atoms with Gasteiger partial charge in [0.05, 0.1) is 11.6 Å². The van der Waals surface area contributed by atoms with E-state index in [1.165, 1.54) is 5.56 Å². The highest BCUT2D eigenvalue weighted by Crippen LogP contribution is 2.23. The van der Waals surface area contributed by atoms with Crippen molar-refractivity contribution in [3.05, 3.63) is 89.7 Å². The van der Waals surface area contributed by atoms with Crippen LogP contribution in [-0.2, 0) is 6.42 Å². The van der Waals surface area contributed by atoms with Crippen LogP contribution in [-0.4, -0.2) is 28.9 Å². The third-order valence-corrected chi connectivity index (χ3v) is 5.55. The molecule has 4 rings (SSSR count). The van der Waals surface area contributed by atoms with Crippen LogP contribution in [0.5, 0.6) is 0 Å². The lowest BCUT2D eigenvalue weighted by molar-refractivity contribution is 0.0684. The van der Waals surface area contributed by atoms with Crippen LogP contribution in [0.1, 0.15) is 34.5 Å². The van der Waals surface area contributed by atoms with Crippen LogP contribution in [0.3, 0.4) is 0 Å². The van der Waals surface area contributed by atoms with Crippen LogP contribution in [0.15, 0.2) is 72.9 Å². The Morgan fingerprint density at radius 2 is 1.77 bits per heavy atom. The molecule has 0 bridgehead atoms. The summed E-state index contributed by atoms with van der Waals surface area (Å²) >= 11 is 0. The molecule has 2 heterocycles. The quantitative estimate of drug-likeness (QED) is 0.673. The van der Waals surface area contributed by atoms with E-state index >= 15 is 0 Å². The number of aromatic nitrogens is 1. The highest BCUT2D eigenvalue weighted by Gasteiger charge is 2.24. The highest BCUT2D eigenvalue weighted by molar-refractivity contribution is 5.93. The predicted molar refractivity (Wildman–Crippen MR) is 117 cm³/mol. The molecule has 0 atom stereocenters. The first-order valence-corrected chi connectivity index (χ1v) is 10.3. The molecule has 1 fully saturated rings. The fraction of sp³-hybridized carbons (Fsp3) is 0.240. The Balaban J connectivity index is 1.35. The minimum atomic E-state index is -0.0170. The summed E-state index contributed by atoms with van der Waals surface area (Å²) in [5.41, 5.74) is 4.10. The predicted octanol–water partition coefficient (Wildman–Crippen LogP) is 4.79. The lowest BCUT2D eigenvalue weighted by Gasteiger charge is -2.32. The average molecular weight is 396 g/mol. The van der Waals surface area contributed by atoms with Crippen LogP contribution < -0.4 is 5.32 Å². The number of anilines is 2. The molecule has 30 heavy (non-hydrogen) atoms. The molecule has 5 nitrogen and oxygen atoms in total. The van der Waals surface area contributed by atoms with Crippen LogP contribution in [0, 0.1) is 17.2 Å². The zero-order chi connectivity index (χ0) is 20.8. The van der Waals surface area contributed by atoms with Crippen molar-refractivity contribution in [3.8, 4) is 6.07 Å². The second-order valence-electron chi connectivity index (χ2n) is 7.67. The van der Waals surface area contributed by atoms with Gasteiger partial charge in [-0.05, 0) is 67.1 Å².